The summed E-state index contributed by atoms with van der Waals surface area (Å²) in [7, 11) is 0. The van der Waals surface area contributed by atoms with Gasteiger partial charge in [-0.3, -0.25) is 4.79 Å². The Kier molecular flexibility index (Phi) is 3.00. The molecule has 0 aliphatic heterocycles. The summed E-state index contributed by atoms with van der Waals surface area (Å²) in [5, 5.41) is 1.72. The van der Waals surface area contributed by atoms with Crippen molar-refractivity contribution in [3.63, 3.8) is 0 Å². The lowest BCUT2D eigenvalue weighted by atomic mass is 10.4. The molecule has 0 aliphatic rings. The standard InChI is InChI=1S/C5H3Br2NOS/c6-5(7)4(9)3-1-10-2-8-3/h1-2,5H. The van der Waals surface area contributed by atoms with Crippen LogP contribution >= 0.6 is 43.2 Å². The van der Waals surface area contributed by atoms with Crippen molar-refractivity contribution in [2.24, 2.45) is 0 Å². The Bertz CT molecular complexity index is 222. The first-order valence-electron chi connectivity index (χ1n) is 2.42. The highest BCUT2D eigenvalue weighted by Crippen LogP contribution is 2.15. The van der Waals surface area contributed by atoms with Crippen LogP contribution in [0.4, 0.5) is 0 Å². The average molecular weight is 285 g/mol. The summed E-state index contributed by atoms with van der Waals surface area (Å²) in [6.07, 6.45) is 0. The summed E-state index contributed by atoms with van der Waals surface area (Å²) < 4.78 is -0.318. The number of thiazole rings is 1. The van der Waals surface area contributed by atoms with Crippen molar-refractivity contribution >= 4 is 49.0 Å². The second-order valence-corrected chi connectivity index (χ2v) is 5.32. The minimum absolute atomic E-state index is 0.0405. The number of nitrogens with zero attached hydrogens (tertiary/aromatic N) is 1. The minimum atomic E-state index is -0.318. The van der Waals surface area contributed by atoms with Crippen molar-refractivity contribution in [1.82, 2.24) is 4.98 Å². The van der Waals surface area contributed by atoms with E-state index in [0.717, 1.165) is 0 Å². The molecule has 0 aliphatic carbocycles. The summed E-state index contributed by atoms with van der Waals surface area (Å²) in [5.41, 5.74) is 2.14. The number of aromatic nitrogens is 1. The van der Waals surface area contributed by atoms with Crippen LogP contribution in [-0.2, 0) is 0 Å². The number of carbonyl (C=O) groups is 1. The molecule has 2 nitrogen and oxygen atoms in total. The third-order valence-corrected chi connectivity index (χ3v) is 2.30. The summed E-state index contributed by atoms with van der Waals surface area (Å²) in [6.45, 7) is 0. The SMILES string of the molecule is O=C(c1cscn1)C(Br)Br. The van der Waals surface area contributed by atoms with Gasteiger partial charge < -0.3 is 0 Å². The molecule has 0 atom stereocenters. The Balaban J connectivity index is 2.78. The van der Waals surface area contributed by atoms with E-state index in [1.807, 2.05) is 0 Å². The minimum Gasteiger partial charge on any atom is -0.290 e. The molecule has 1 rings (SSSR count). The second kappa shape index (κ2) is 3.59. The van der Waals surface area contributed by atoms with Crippen LogP contribution in [0.1, 0.15) is 10.5 Å². The summed E-state index contributed by atoms with van der Waals surface area (Å²) >= 11 is 7.60. The number of Topliss-reactive ketones (excluding diaryl/α,β-unsaturated/α-hetero) is 1. The molecular formula is C5H3Br2NOS. The Hall–Kier alpha value is 0.260. The van der Waals surface area contributed by atoms with Crippen LogP contribution in [-0.4, -0.2) is 14.5 Å². The van der Waals surface area contributed by atoms with E-state index in [0.29, 0.717) is 5.69 Å². The quantitative estimate of drug-likeness (QED) is 0.617. The Morgan fingerprint density at radius 2 is 2.40 bits per heavy atom. The number of carbonyl (C=O) groups excluding carboxylic acids is 1. The zero-order chi connectivity index (χ0) is 7.56. The molecule has 1 aromatic rings. The highest BCUT2D eigenvalue weighted by molar-refractivity contribution is 9.25. The Labute approximate surface area is 78.9 Å². The third kappa shape index (κ3) is 1.87. The molecule has 5 heteroatoms. The predicted octanol–water partition coefficient (Wildman–Crippen LogP) is 2.44. The lowest BCUT2D eigenvalue weighted by molar-refractivity contribution is 0.101. The van der Waals surface area contributed by atoms with E-state index in [1.165, 1.54) is 11.3 Å². The van der Waals surface area contributed by atoms with Gasteiger partial charge in [0, 0.05) is 5.38 Å². The number of halogens is 2. The Morgan fingerprint density at radius 1 is 1.70 bits per heavy atom. The van der Waals surface area contributed by atoms with Gasteiger partial charge in [0.25, 0.3) is 0 Å². The Morgan fingerprint density at radius 3 is 2.80 bits per heavy atom. The highest BCUT2D eigenvalue weighted by atomic mass is 79.9. The van der Waals surface area contributed by atoms with E-state index in [1.54, 1.807) is 10.9 Å². The molecule has 0 unspecified atom stereocenters. The zero-order valence-electron chi connectivity index (χ0n) is 4.75. The van der Waals surface area contributed by atoms with Gasteiger partial charge >= 0.3 is 0 Å². The van der Waals surface area contributed by atoms with Crippen LogP contribution in [0.3, 0.4) is 0 Å². The maximum atomic E-state index is 11.1. The molecule has 1 aromatic heterocycles. The molecule has 0 N–H and O–H groups in total. The smallest absolute Gasteiger partial charge is 0.206 e. The van der Waals surface area contributed by atoms with Crippen LogP contribution in [0.15, 0.2) is 10.9 Å². The van der Waals surface area contributed by atoms with Gasteiger partial charge in [-0.25, -0.2) is 4.98 Å². The fourth-order valence-electron chi connectivity index (χ4n) is 0.446. The van der Waals surface area contributed by atoms with Gasteiger partial charge in [0.1, 0.15) is 9.43 Å². The van der Waals surface area contributed by atoms with Gasteiger partial charge in [-0.05, 0) is 0 Å². The maximum absolute atomic E-state index is 11.1. The van der Waals surface area contributed by atoms with Crippen LogP contribution in [0.25, 0.3) is 0 Å². The molecule has 0 saturated carbocycles. The van der Waals surface area contributed by atoms with Crippen LogP contribution in [0.5, 0.6) is 0 Å². The van der Waals surface area contributed by atoms with Gasteiger partial charge in [0.2, 0.25) is 5.78 Å². The molecule has 0 fully saturated rings. The van der Waals surface area contributed by atoms with Crippen LogP contribution < -0.4 is 0 Å². The zero-order valence-corrected chi connectivity index (χ0v) is 8.74. The largest absolute Gasteiger partial charge is 0.290 e. The molecule has 0 spiro atoms. The lowest BCUT2D eigenvalue weighted by Crippen LogP contribution is -2.06. The first-order chi connectivity index (χ1) is 4.72. The van der Waals surface area contributed by atoms with Crippen molar-refractivity contribution < 1.29 is 4.79 Å². The first kappa shape index (κ1) is 8.36. The first-order valence-corrected chi connectivity index (χ1v) is 5.20. The van der Waals surface area contributed by atoms with Crippen molar-refractivity contribution in [2.75, 3.05) is 0 Å². The number of hydrogen-bond donors (Lipinski definition) is 0. The number of rotatable bonds is 2. The number of alkyl halides is 2. The van der Waals surface area contributed by atoms with E-state index < -0.39 is 0 Å². The van der Waals surface area contributed by atoms with Crippen LogP contribution in [0.2, 0.25) is 0 Å². The van der Waals surface area contributed by atoms with Gasteiger partial charge in [-0.15, -0.1) is 11.3 Å². The van der Waals surface area contributed by atoms with E-state index >= 15 is 0 Å². The second-order valence-electron chi connectivity index (χ2n) is 1.54. The van der Waals surface area contributed by atoms with E-state index in [2.05, 4.69) is 36.8 Å². The normalized spacial score (nSPS) is 10.3. The molecule has 0 bridgehead atoms. The molecule has 0 amide bonds. The van der Waals surface area contributed by atoms with Crippen molar-refractivity contribution in [3.05, 3.63) is 16.6 Å². The van der Waals surface area contributed by atoms with Crippen molar-refractivity contribution in [3.8, 4) is 0 Å². The van der Waals surface area contributed by atoms with Crippen LogP contribution in [0, 0.1) is 0 Å². The van der Waals surface area contributed by atoms with Gasteiger partial charge in [0.15, 0.2) is 0 Å². The average Bonchev–Trinajstić information content (AvgIpc) is 2.36. The third-order valence-electron chi connectivity index (χ3n) is 0.883. The topological polar surface area (TPSA) is 30.0 Å². The van der Waals surface area contributed by atoms with E-state index in [4.69, 9.17) is 0 Å². The molecule has 1 heterocycles. The summed E-state index contributed by atoms with van der Waals surface area (Å²) in [6, 6.07) is 0. The predicted molar refractivity (Wildman–Crippen MR) is 48.1 cm³/mol. The molecule has 0 radical (unpaired) electrons. The molecule has 0 saturated heterocycles. The van der Waals surface area contributed by atoms with Gasteiger partial charge in [-0.1, -0.05) is 31.9 Å². The number of hydrogen-bond acceptors (Lipinski definition) is 3. The summed E-state index contributed by atoms with van der Waals surface area (Å²) in [5.74, 6) is -0.0405. The van der Waals surface area contributed by atoms with Crippen molar-refractivity contribution in [2.45, 2.75) is 3.74 Å². The molecule has 0 aromatic carbocycles. The highest BCUT2D eigenvalue weighted by Gasteiger charge is 2.14. The monoisotopic (exact) mass is 283 g/mol. The van der Waals surface area contributed by atoms with Crippen molar-refractivity contribution in [1.29, 1.82) is 0 Å². The van der Waals surface area contributed by atoms with E-state index in [-0.39, 0.29) is 9.52 Å². The van der Waals surface area contributed by atoms with Gasteiger partial charge in [0.05, 0.1) is 5.51 Å². The maximum Gasteiger partial charge on any atom is 0.206 e. The lowest BCUT2D eigenvalue weighted by Gasteiger charge is -1.93. The fraction of sp³-hybridized carbons (Fsp3) is 0.200. The molecular weight excluding hydrogens is 282 g/mol. The van der Waals surface area contributed by atoms with E-state index in [9.17, 15) is 4.79 Å². The summed E-state index contributed by atoms with van der Waals surface area (Å²) in [4.78, 5) is 14.9. The molecule has 54 valence electrons. The number of ketones is 1. The molecule has 10 heavy (non-hydrogen) atoms. The van der Waals surface area contributed by atoms with Gasteiger partial charge in [-0.2, -0.15) is 0 Å². The fourth-order valence-corrected chi connectivity index (χ4v) is 1.46.